The average Bonchev–Trinajstić information content (AvgIpc) is 2.45. The van der Waals surface area contributed by atoms with E-state index in [1.165, 1.54) is 13.2 Å². The first kappa shape index (κ1) is 16.5. The van der Waals surface area contributed by atoms with Gasteiger partial charge in [-0.2, -0.15) is 0 Å². The molecule has 6 nitrogen and oxygen atoms in total. The summed E-state index contributed by atoms with van der Waals surface area (Å²) in [7, 11) is -1.91. The number of carbonyl (C=O) groups excluding carboxylic acids is 1. The van der Waals surface area contributed by atoms with Gasteiger partial charge in [0.1, 0.15) is 10.6 Å². The molecule has 1 amide bonds. The standard InChI is InChI=1S/C15H20N2O4S/c1-10-9-14(18)17-16-12(10)8-7-11-5-4-6-13(15(11)21-2)22(3,19)20/h4-8,10,12,16H,9H2,1-3H3,(H,17,18)/b8-7+. The number of rotatable bonds is 4. The molecule has 1 aromatic rings. The van der Waals surface area contributed by atoms with E-state index in [9.17, 15) is 13.2 Å². The number of hydrogen-bond acceptors (Lipinski definition) is 5. The van der Waals surface area contributed by atoms with Crippen molar-refractivity contribution in [2.24, 2.45) is 5.92 Å². The Kier molecular flexibility index (Phi) is 4.87. The smallest absolute Gasteiger partial charge is 0.234 e. The Labute approximate surface area is 130 Å². The van der Waals surface area contributed by atoms with Crippen LogP contribution in [0.4, 0.5) is 0 Å². The van der Waals surface area contributed by atoms with Crippen LogP contribution in [0.15, 0.2) is 29.2 Å². The van der Waals surface area contributed by atoms with Crippen LogP contribution in [0.5, 0.6) is 5.75 Å². The van der Waals surface area contributed by atoms with Crippen LogP contribution in [0.25, 0.3) is 6.08 Å². The molecule has 1 aromatic carbocycles. The highest BCUT2D eigenvalue weighted by molar-refractivity contribution is 7.90. The molecule has 0 aromatic heterocycles. The van der Waals surface area contributed by atoms with E-state index in [-0.39, 0.29) is 22.8 Å². The largest absolute Gasteiger partial charge is 0.495 e. The number of hydrogen-bond donors (Lipinski definition) is 2. The molecule has 22 heavy (non-hydrogen) atoms. The Morgan fingerprint density at radius 2 is 2.09 bits per heavy atom. The van der Waals surface area contributed by atoms with E-state index in [0.717, 1.165) is 6.26 Å². The summed E-state index contributed by atoms with van der Waals surface area (Å²) in [6, 6.07) is 4.96. The molecule has 1 fully saturated rings. The third-order valence-electron chi connectivity index (χ3n) is 3.59. The number of ether oxygens (including phenoxy) is 1. The molecule has 1 saturated heterocycles. The van der Waals surface area contributed by atoms with Gasteiger partial charge in [-0.3, -0.25) is 10.2 Å². The summed E-state index contributed by atoms with van der Waals surface area (Å²) in [4.78, 5) is 11.4. The molecule has 0 saturated carbocycles. The SMILES string of the molecule is COc1c(/C=C/C2NNC(=O)CC2C)cccc1S(C)(=O)=O. The van der Waals surface area contributed by atoms with Gasteiger partial charge in [-0.1, -0.05) is 31.2 Å². The molecule has 0 aliphatic carbocycles. The van der Waals surface area contributed by atoms with Gasteiger partial charge in [0.25, 0.3) is 0 Å². The quantitative estimate of drug-likeness (QED) is 0.868. The van der Waals surface area contributed by atoms with Crippen LogP contribution in [0, 0.1) is 5.92 Å². The second kappa shape index (κ2) is 6.50. The van der Waals surface area contributed by atoms with E-state index >= 15 is 0 Å². The van der Waals surface area contributed by atoms with Crippen LogP contribution in [0.1, 0.15) is 18.9 Å². The Balaban J connectivity index is 2.30. The van der Waals surface area contributed by atoms with Crippen LogP contribution in [0.2, 0.25) is 0 Å². The lowest BCUT2D eigenvalue weighted by molar-refractivity contribution is -0.125. The molecule has 1 aliphatic heterocycles. The lowest BCUT2D eigenvalue weighted by atomic mass is 9.96. The first-order valence-corrected chi connectivity index (χ1v) is 8.81. The highest BCUT2D eigenvalue weighted by Crippen LogP contribution is 2.29. The van der Waals surface area contributed by atoms with E-state index in [4.69, 9.17) is 4.74 Å². The van der Waals surface area contributed by atoms with Gasteiger partial charge in [-0.05, 0) is 12.0 Å². The minimum Gasteiger partial charge on any atom is -0.495 e. The van der Waals surface area contributed by atoms with Crippen LogP contribution >= 0.6 is 0 Å². The van der Waals surface area contributed by atoms with Gasteiger partial charge in [0.05, 0.1) is 7.11 Å². The maximum Gasteiger partial charge on any atom is 0.234 e. The van der Waals surface area contributed by atoms with E-state index in [2.05, 4.69) is 10.9 Å². The predicted octanol–water partition coefficient (Wildman–Crippen LogP) is 1.14. The van der Waals surface area contributed by atoms with Gasteiger partial charge >= 0.3 is 0 Å². The Hall–Kier alpha value is -1.86. The summed E-state index contributed by atoms with van der Waals surface area (Å²) in [5.41, 5.74) is 6.20. The zero-order valence-electron chi connectivity index (χ0n) is 12.8. The zero-order valence-corrected chi connectivity index (χ0v) is 13.6. The van der Waals surface area contributed by atoms with Crippen molar-refractivity contribution < 1.29 is 17.9 Å². The van der Waals surface area contributed by atoms with Gasteiger partial charge < -0.3 is 4.74 Å². The van der Waals surface area contributed by atoms with Crippen molar-refractivity contribution in [1.29, 1.82) is 0 Å². The van der Waals surface area contributed by atoms with Crippen LogP contribution < -0.4 is 15.6 Å². The third kappa shape index (κ3) is 3.66. The number of methoxy groups -OCH3 is 1. The molecular weight excluding hydrogens is 304 g/mol. The van der Waals surface area contributed by atoms with Crippen LogP contribution in [-0.2, 0) is 14.6 Å². The minimum absolute atomic E-state index is 0.0238. The molecule has 1 aliphatic rings. The topological polar surface area (TPSA) is 84.5 Å². The zero-order chi connectivity index (χ0) is 16.3. The summed E-state index contributed by atoms with van der Waals surface area (Å²) in [6.45, 7) is 1.98. The highest BCUT2D eigenvalue weighted by atomic mass is 32.2. The van der Waals surface area contributed by atoms with Crippen molar-refractivity contribution >= 4 is 21.8 Å². The predicted molar refractivity (Wildman–Crippen MR) is 84.0 cm³/mol. The lowest BCUT2D eigenvalue weighted by Crippen LogP contribution is -2.52. The van der Waals surface area contributed by atoms with Gasteiger partial charge in [-0.15, -0.1) is 0 Å². The number of nitrogens with one attached hydrogen (secondary N) is 2. The van der Waals surface area contributed by atoms with E-state index in [1.54, 1.807) is 18.2 Å². The minimum atomic E-state index is -3.36. The second-order valence-electron chi connectivity index (χ2n) is 5.41. The monoisotopic (exact) mass is 324 g/mol. The molecule has 7 heteroatoms. The number of benzene rings is 1. The fourth-order valence-corrected chi connectivity index (χ4v) is 3.26. The summed E-state index contributed by atoms with van der Waals surface area (Å²) in [5.74, 6) is 0.441. The molecule has 2 N–H and O–H groups in total. The number of carbonyl (C=O) groups is 1. The molecule has 120 valence electrons. The second-order valence-corrected chi connectivity index (χ2v) is 7.39. The molecule has 0 bridgehead atoms. The van der Waals surface area contributed by atoms with Crippen molar-refractivity contribution in [1.82, 2.24) is 10.9 Å². The maximum absolute atomic E-state index is 11.8. The lowest BCUT2D eigenvalue weighted by Gasteiger charge is -2.27. The van der Waals surface area contributed by atoms with Crippen molar-refractivity contribution in [3.05, 3.63) is 29.8 Å². The molecule has 2 rings (SSSR count). The van der Waals surface area contributed by atoms with Crippen molar-refractivity contribution in [2.75, 3.05) is 13.4 Å². The fourth-order valence-electron chi connectivity index (χ4n) is 2.40. The van der Waals surface area contributed by atoms with Gasteiger partial charge in [-0.25, -0.2) is 13.8 Å². The first-order chi connectivity index (χ1) is 10.3. The average molecular weight is 324 g/mol. The van der Waals surface area contributed by atoms with E-state index in [0.29, 0.717) is 17.7 Å². The Morgan fingerprint density at radius 1 is 1.36 bits per heavy atom. The molecule has 1 heterocycles. The van der Waals surface area contributed by atoms with Crippen molar-refractivity contribution in [3.63, 3.8) is 0 Å². The fraction of sp³-hybridized carbons (Fsp3) is 0.400. The normalized spacial score (nSPS) is 22.6. The van der Waals surface area contributed by atoms with Crippen molar-refractivity contribution in [2.45, 2.75) is 24.3 Å². The van der Waals surface area contributed by atoms with Crippen LogP contribution in [-0.4, -0.2) is 33.7 Å². The summed E-state index contributed by atoms with van der Waals surface area (Å²) in [6.07, 6.45) is 5.30. The summed E-state index contributed by atoms with van der Waals surface area (Å²) >= 11 is 0. The van der Waals surface area contributed by atoms with Gasteiger partial charge in [0.15, 0.2) is 9.84 Å². The molecule has 0 spiro atoms. The van der Waals surface area contributed by atoms with Crippen LogP contribution in [0.3, 0.4) is 0 Å². The highest BCUT2D eigenvalue weighted by Gasteiger charge is 2.23. The summed E-state index contributed by atoms with van der Waals surface area (Å²) < 4.78 is 28.9. The first-order valence-electron chi connectivity index (χ1n) is 6.92. The number of sulfone groups is 1. The molecule has 2 unspecified atom stereocenters. The number of amides is 1. The Bertz CT molecular complexity index is 697. The van der Waals surface area contributed by atoms with Crippen molar-refractivity contribution in [3.8, 4) is 5.75 Å². The van der Waals surface area contributed by atoms with E-state index in [1.807, 2.05) is 13.0 Å². The third-order valence-corrected chi connectivity index (χ3v) is 4.72. The molecule has 0 radical (unpaired) electrons. The molecule has 2 atom stereocenters. The van der Waals surface area contributed by atoms with Gasteiger partial charge in [0.2, 0.25) is 5.91 Å². The maximum atomic E-state index is 11.8. The number of hydrazine groups is 1. The van der Waals surface area contributed by atoms with E-state index < -0.39 is 9.84 Å². The summed E-state index contributed by atoms with van der Waals surface area (Å²) in [5, 5.41) is 0. The number of para-hydroxylation sites is 1. The Morgan fingerprint density at radius 3 is 2.68 bits per heavy atom. The molecular formula is C15H20N2O4S. The van der Waals surface area contributed by atoms with Gasteiger partial charge in [0, 0.05) is 24.3 Å².